The third-order valence-electron chi connectivity index (χ3n) is 4.32. The number of ether oxygens (including phenoxy) is 1. The van der Waals surface area contributed by atoms with Crippen LogP contribution in [0.4, 0.5) is 0 Å². The van der Waals surface area contributed by atoms with Gasteiger partial charge in [-0.1, -0.05) is 42.5 Å². The molecule has 25 heavy (non-hydrogen) atoms. The van der Waals surface area contributed by atoms with Gasteiger partial charge in [-0.15, -0.1) is 0 Å². The summed E-state index contributed by atoms with van der Waals surface area (Å²) in [7, 11) is 0. The average Bonchev–Trinajstić information content (AvgIpc) is 2.91. The molecule has 4 rings (SSSR count). The van der Waals surface area contributed by atoms with Crippen molar-refractivity contribution in [3.63, 3.8) is 0 Å². The van der Waals surface area contributed by atoms with Crippen LogP contribution in [0, 0.1) is 0 Å². The third-order valence-corrected chi connectivity index (χ3v) is 4.32. The minimum Gasteiger partial charge on any atom is -0.508 e. The number of aromatic hydroxyl groups is 2. The van der Waals surface area contributed by atoms with E-state index in [9.17, 15) is 15.0 Å². The van der Waals surface area contributed by atoms with Crippen molar-refractivity contribution in [2.45, 2.75) is 5.60 Å². The summed E-state index contributed by atoms with van der Waals surface area (Å²) in [5, 5.41) is 19.2. The number of rotatable bonds is 2. The van der Waals surface area contributed by atoms with Gasteiger partial charge in [-0.2, -0.15) is 0 Å². The van der Waals surface area contributed by atoms with Crippen LogP contribution in [0.15, 0.2) is 72.8 Å². The summed E-state index contributed by atoms with van der Waals surface area (Å²) in [5.74, 6) is -0.124. The molecule has 0 aliphatic carbocycles. The Labute approximate surface area is 157 Å². The van der Waals surface area contributed by atoms with Crippen molar-refractivity contribution in [3.05, 3.63) is 95.1 Å². The Hall–Kier alpha value is -2.65. The number of carbonyl (C=O) groups excluding carboxylic acids is 1. The van der Waals surface area contributed by atoms with Crippen LogP contribution in [0.2, 0.25) is 0 Å². The molecule has 2 N–H and O–H groups in total. The van der Waals surface area contributed by atoms with Crippen LogP contribution in [0.5, 0.6) is 11.5 Å². The molecule has 1 heterocycles. The molecule has 5 heteroatoms. The molecule has 0 saturated heterocycles. The van der Waals surface area contributed by atoms with Crippen LogP contribution in [-0.4, -0.2) is 16.2 Å². The van der Waals surface area contributed by atoms with Crippen molar-refractivity contribution < 1.29 is 39.2 Å². The second kappa shape index (κ2) is 6.34. The maximum Gasteiger partial charge on any atom is 0.340 e. The number of cyclic esters (lactones) is 1. The molecule has 0 atom stereocenters. The molecule has 1 aliphatic heterocycles. The van der Waals surface area contributed by atoms with Crippen molar-refractivity contribution in [1.29, 1.82) is 0 Å². The molecule has 0 unspecified atom stereocenters. The number of phenols is 2. The molecule has 3 aromatic rings. The average molecular weight is 384 g/mol. The van der Waals surface area contributed by atoms with Gasteiger partial charge in [-0.25, -0.2) is 4.79 Å². The summed E-state index contributed by atoms with van der Waals surface area (Å²) >= 11 is 0. The topological polar surface area (TPSA) is 66.8 Å². The largest absolute Gasteiger partial charge is 0.508 e. The summed E-state index contributed by atoms with van der Waals surface area (Å²) in [6, 6.07) is 20.4. The molecule has 120 valence electrons. The Morgan fingerprint density at radius 3 is 1.72 bits per heavy atom. The van der Waals surface area contributed by atoms with Gasteiger partial charge in [-0.3, -0.25) is 0 Å². The summed E-state index contributed by atoms with van der Waals surface area (Å²) in [5.41, 5.74) is 1.60. The number of carbonyl (C=O) groups is 1. The molecule has 0 radical (unpaired) electrons. The second-order valence-corrected chi connectivity index (χ2v) is 5.71. The van der Waals surface area contributed by atoms with Gasteiger partial charge >= 0.3 is 5.97 Å². The summed E-state index contributed by atoms with van der Waals surface area (Å²) in [6.45, 7) is 0. The number of esters is 1. The van der Waals surface area contributed by atoms with E-state index in [1.165, 1.54) is 0 Å². The smallest absolute Gasteiger partial charge is 0.340 e. The van der Waals surface area contributed by atoms with E-state index in [0.717, 1.165) is 16.7 Å². The molecular formula is C20H14O4Zn. The Morgan fingerprint density at radius 1 is 0.720 bits per heavy atom. The number of hydrogen-bond acceptors (Lipinski definition) is 4. The number of fused-ring (bicyclic) bond motifs is 1. The Morgan fingerprint density at radius 2 is 1.20 bits per heavy atom. The Balaban J connectivity index is 0.00000182. The van der Waals surface area contributed by atoms with E-state index in [2.05, 4.69) is 0 Å². The van der Waals surface area contributed by atoms with E-state index in [1.807, 2.05) is 12.1 Å². The number of phenolic OH excluding ortho intramolecular Hbond substituents is 2. The van der Waals surface area contributed by atoms with E-state index >= 15 is 0 Å². The predicted octanol–water partition coefficient (Wildman–Crippen LogP) is 3.56. The zero-order valence-electron chi connectivity index (χ0n) is 13.3. The van der Waals surface area contributed by atoms with Gasteiger partial charge in [0.15, 0.2) is 5.60 Å². The standard InChI is InChI=1S/C20H14O4.Zn/c21-15-9-5-13(6-10-15)20(14-7-11-16(22)12-8-14)18-4-2-1-3-17(18)19(23)24-20;/h1-12,21-22H;. The van der Waals surface area contributed by atoms with Crippen LogP contribution < -0.4 is 0 Å². The fourth-order valence-corrected chi connectivity index (χ4v) is 3.20. The fourth-order valence-electron chi connectivity index (χ4n) is 3.20. The zero-order valence-corrected chi connectivity index (χ0v) is 16.3. The van der Waals surface area contributed by atoms with E-state index in [1.54, 1.807) is 60.7 Å². The van der Waals surface area contributed by atoms with Crippen LogP contribution in [-0.2, 0) is 29.8 Å². The quantitative estimate of drug-likeness (QED) is 0.524. The third kappa shape index (κ3) is 2.61. The second-order valence-electron chi connectivity index (χ2n) is 5.71. The minimum absolute atomic E-state index is 0. The van der Waals surface area contributed by atoms with Crippen molar-refractivity contribution >= 4 is 5.97 Å². The monoisotopic (exact) mass is 382 g/mol. The van der Waals surface area contributed by atoms with Crippen molar-refractivity contribution in [3.8, 4) is 11.5 Å². The summed E-state index contributed by atoms with van der Waals surface area (Å²) in [6.07, 6.45) is 0. The molecule has 4 nitrogen and oxygen atoms in total. The van der Waals surface area contributed by atoms with Crippen molar-refractivity contribution in [1.82, 2.24) is 0 Å². The predicted molar refractivity (Wildman–Crippen MR) is 88.0 cm³/mol. The van der Waals surface area contributed by atoms with Crippen molar-refractivity contribution in [2.75, 3.05) is 0 Å². The molecule has 3 aromatic carbocycles. The van der Waals surface area contributed by atoms with Gasteiger partial charge in [0.2, 0.25) is 0 Å². The maximum atomic E-state index is 12.4. The molecule has 0 fully saturated rings. The van der Waals surface area contributed by atoms with E-state index in [0.29, 0.717) is 5.56 Å². The van der Waals surface area contributed by atoms with Crippen LogP contribution in [0.1, 0.15) is 27.0 Å². The van der Waals surface area contributed by atoms with E-state index in [-0.39, 0.29) is 31.0 Å². The van der Waals surface area contributed by atoms with E-state index < -0.39 is 11.6 Å². The van der Waals surface area contributed by atoms with Gasteiger partial charge in [0.05, 0.1) is 5.56 Å². The molecule has 1 aliphatic rings. The molecule has 0 amide bonds. The molecular weight excluding hydrogens is 370 g/mol. The molecule has 0 saturated carbocycles. The minimum atomic E-state index is -1.10. The van der Waals surface area contributed by atoms with E-state index in [4.69, 9.17) is 4.74 Å². The maximum absolute atomic E-state index is 12.4. The van der Waals surface area contributed by atoms with Crippen LogP contribution >= 0.6 is 0 Å². The number of hydrogen-bond donors (Lipinski definition) is 2. The zero-order chi connectivity index (χ0) is 16.7. The normalized spacial score (nSPS) is 14.3. The molecule has 0 aromatic heterocycles. The van der Waals surface area contributed by atoms with Gasteiger partial charge in [0.1, 0.15) is 11.5 Å². The first kappa shape index (κ1) is 17.2. The SMILES string of the molecule is O=C1OC(c2ccc(O)cc2)(c2ccc(O)cc2)c2ccccc21.[Zn]. The van der Waals surface area contributed by atoms with Gasteiger partial charge < -0.3 is 14.9 Å². The van der Waals surface area contributed by atoms with Crippen LogP contribution in [0.3, 0.4) is 0 Å². The van der Waals surface area contributed by atoms with Crippen LogP contribution in [0.25, 0.3) is 0 Å². The Kier molecular flexibility index (Phi) is 4.36. The fraction of sp³-hybridized carbons (Fsp3) is 0.0500. The van der Waals surface area contributed by atoms with Gasteiger partial charge in [0, 0.05) is 36.2 Å². The first-order valence-electron chi connectivity index (χ1n) is 7.53. The first-order chi connectivity index (χ1) is 11.6. The van der Waals surface area contributed by atoms with Crippen molar-refractivity contribution in [2.24, 2.45) is 0 Å². The molecule has 0 spiro atoms. The molecule has 0 bridgehead atoms. The summed E-state index contributed by atoms with van der Waals surface area (Å²) in [4.78, 5) is 12.4. The van der Waals surface area contributed by atoms with Gasteiger partial charge in [0.25, 0.3) is 0 Å². The Bertz CT molecular complexity index is 872. The number of benzene rings is 3. The van der Waals surface area contributed by atoms with Gasteiger partial charge in [-0.05, 0) is 30.3 Å². The first-order valence-corrected chi connectivity index (χ1v) is 7.53. The summed E-state index contributed by atoms with van der Waals surface area (Å²) < 4.78 is 5.87.